The fourth-order valence-corrected chi connectivity index (χ4v) is 2.95. The van der Waals surface area contributed by atoms with Crippen LogP contribution in [0.2, 0.25) is 0 Å². The van der Waals surface area contributed by atoms with Crippen LogP contribution in [-0.2, 0) is 14.4 Å². The van der Waals surface area contributed by atoms with Gasteiger partial charge in [0, 0.05) is 6.07 Å². The first-order valence-corrected chi connectivity index (χ1v) is 7.22. The number of hydrogen-bond acceptors (Lipinski definition) is 3. The highest BCUT2D eigenvalue weighted by Gasteiger charge is 2.47. The smallest absolute Gasteiger partial charge is 0.244 e. The quantitative estimate of drug-likeness (QED) is 0.683. The molecule has 0 saturated carbocycles. The lowest BCUT2D eigenvalue weighted by atomic mass is 9.85. The molecule has 0 bridgehead atoms. The van der Waals surface area contributed by atoms with Crippen molar-refractivity contribution in [2.45, 2.75) is 12.8 Å². The van der Waals surface area contributed by atoms with E-state index in [0.717, 1.165) is 23.1 Å². The molecule has 3 rings (SSSR count). The summed E-state index contributed by atoms with van der Waals surface area (Å²) in [5, 5.41) is 2.18. The van der Waals surface area contributed by atoms with Crippen molar-refractivity contribution in [3.8, 4) is 0 Å². The summed E-state index contributed by atoms with van der Waals surface area (Å²) in [5.41, 5.74) is -0.326. The Morgan fingerprint density at radius 2 is 1.74 bits per heavy atom. The average molecular weight is 320 g/mol. The third kappa shape index (κ3) is 2.86. The van der Waals surface area contributed by atoms with E-state index < -0.39 is 35.9 Å². The zero-order valence-electron chi connectivity index (χ0n) is 12.1. The number of benzene rings is 1. The average Bonchev–Trinajstić information content (AvgIpc) is 2.76. The lowest BCUT2D eigenvalue weighted by molar-refractivity contribution is -0.142. The minimum Gasteiger partial charge on any atom is -0.322 e. The van der Waals surface area contributed by atoms with Crippen molar-refractivity contribution >= 4 is 23.4 Å². The molecule has 1 saturated heterocycles. The fraction of sp³-hybridized carbons (Fsp3) is 0.312. The number of hydrogen-bond donors (Lipinski definition) is 1. The molecule has 0 unspecified atom stereocenters. The molecule has 120 valence electrons. The predicted octanol–water partition coefficient (Wildman–Crippen LogP) is 1.85. The van der Waals surface area contributed by atoms with Crippen LogP contribution in [-0.4, -0.2) is 29.2 Å². The van der Waals surface area contributed by atoms with Gasteiger partial charge in [-0.15, -0.1) is 0 Å². The second-order valence-electron chi connectivity index (χ2n) is 5.59. The van der Waals surface area contributed by atoms with Crippen LogP contribution >= 0.6 is 0 Å². The van der Waals surface area contributed by atoms with E-state index in [1.807, 2.05) is 12.2 Å². The molecule has 2 atom stereocenters. The second-order valence-corrected chi connectivity index (χ2v) is 5.59. The molecule has 0 radical (unpaired) electrons. The van der Waals surface area contributed by atoms with Crippen molar-refractivity contribution < 1.29 is 23.2 Å². The largest absolute Gasteiger partial charge is 0.322 e. The van der Waals surface area contributed by atoms with Crippen LogP contribution in [0.15, 0.2) is 30.4 Å². The topological polar surface area (TPSA) is 66.5 Å². The Hall–Kier alpha value is -2.57. The molecule has 7 heteroatoms. The van der Waals surface area contributed by atoms with Crippen LogP contribution in [0.25, 0.3) is 0 Å². The van der Waals surface area contributed by atoms with Gasteiger partial charge in [-0.25, -0.2) is 8.78 Å². The zero-order chi connectivity index (χ0) is 16.6. The van der Waals surface area contributed by atoms with Gasteiger partial charge in [-0.2, -0.15) is 0 Å². The highest BCUT2D eigenvalue weighted by Crippen LogP contribution is 2.34. The Balaban J connectivity index is 1.70. The first-order chi connectivity index (χ1) is 11.0. The van der Waals surface area contributed by atoms with Gasteiger partial charge in [-0.05, 0) is 25.0 Å². The summed E-state index contributed by atoms with van der Waals surface area (Å²) in [7, 11) is 0. The van der Waals surface area contributed by atoms with E-state index in [1.165, 1.54) is 0 Å². The fourth-order valence-electron chi connectivity index (χ4n) is 2.95. The summed E-state index contributed by atoms with van der Waals surface area (Å²) < 4.78 is 26.6. The van der Waals surface area contributed by atoms with Gasteiger partial charge in [0.05, 0.1) is 17.5 Å². The van der Waals surface area contributed by atoms with Gasteiger partial charge in [-0.3, -0.25) is 19.3 Å². The Morgan fingerprint density at radius 1 is 1.13 bits per heavy atom. The molecule has 0 aromatic heterocycles. The molecule has 1 aromatic carbocycles. The third-order valence-corrected chi connectivity index (χ3v) is 4.10. The SMILES string of the molecule is O=C(CN1C(=O)[C@H]2CC=CC[C@@H]2C1=O)Nc1cc(F)ccc1F. The maximum atomic E-state index is 13.5. The molecular weight excluding hydrogens is 306 g/mol. The van der Waals surface area contributed by atoms with Gasteiger partial charge >= 0.3 is 0 Å². The molecule has 1 aliphatic heterocycles. The predicted molar refractivity (Wildman–Crippen MR) is 77.1 cm³/mol. The van der Waals surface area contributed by atoms with Crippen LogP contribution in [0.4, 0.5) is 14.5 Å². The third-order valence-electron chi connectivity index (χ3n) is 4.10. The lowest BCUT2D eigenvalue weighted by Gasteiger charge is -2.14. The van der Waals surface area contributed by atoms with Crippen molar-refractivity contribution in [1.29, 1.82) is 0 Å². The number of allylic oxidation sites excluding steroid dienone is 2. The minimum absolute atomic E-state index is 0.326. The van der Waals surface area contributed by atoms with Gasteiger partial charge in [0.1, 0.15) is 18.2 Å². The summed E-state index contributed by atoms with van der Waals surface area (Å²) in [4.78, 5) is 37.3. The molecule has 3 amide bonds. The van der Waals surface area contributed by atoms with Crippen molar-refractivity contribution in [3.63, 3.8) is 0 Å². The molecule has 0 spiro atoms. The van der Waals surface area contributed by atoms with E-state index in [-0.39, 0.29) is 17.5 Å². The number of anilines is 1. The molecule has 1 aromatic rings. The summed E-state index contributed by atoms with van der Waals surface area (Å²) >= 11 is 0. The highest BCUT2D eigenvalue weighted by atomic mass is 19.1. The number of carbonyl (C=O) groups excluding carboxylic acids is 3. The minimum atomic E-state index is -0.795. The first-order valence-electron chi connectivity index (χ1n) is 7.22. The molecule has 1 fully saturated rings. The normalized spacial score (nSPS) is 23.1. The van der Waals surface area contributed by atoms with Gasteiger partial charge in [0.25, 0.3) is 0 Å². The Morgan fingerprint density at radius 3 is 2.35 bits per heavy atom. The van der Waals surface area contributed by atoms with E-state index in [9.17, 15) is 23.2 Å². The monoisotopic (exact) mass is 320 g/mol. The highest BCUT2D eigenvalue weighted by molar-refractivity contribution is 6.08. The molecule has 1 N–H and O–H groups in total. The van der Waals surface area contributed by atoms with E-state index in [4.69, 9.17) is 0 Å². The van der Waals surface area contributed by atoms with Crippen LogP contribution in [0.3, 0.4) is 0 Å². The van der Waals surface area contributed by atoms with Crippen LogP contribution in [0.5, 0.6) is 0 Å². The van der Waals surface area contributed by atoms with Crippen molar-refractivity contribution in [2.24, 2.45) is 11.8 Å². The molecule has 23 heavy (non-hydrogen) atoms. The number of imide groups is 1. The maximum Gasteiger partial charge on any atom is 0.244 e. The number of rotatable bonds is 3. The van der Waals surface area contributed by atoms with Gasteiger partial charge < -0.3 is 5.32 Å². The van der Waals surface area contributed by atoms with Gasteiger partial charge in [0.2, 0.25) is 17.7 Å². The van der Waals surface area contributed by atoms with Crippen LogP contribution in [0.1, 0.15) is 12.8 Å². The number of likely N-dealkylation sites (tertiary alicyclic amines) is 1. The Bertz CT molecular complexity index is 691. The van der Waals surface area contributed by atoms with Crippen LogP contribution in [0, 0.1) is 23.5 Å². The Kier molecular flexibility index (Phi) is 3.94. The van der Waals surface area contributed by atoms with Gasteiger partial charge in [0.15, 0.2) is 0 Å². The van der Waals surface area contributed by atoms with Crippen molar-refractivity contribution in [2.75, 3.05) is 11.9 Å². The summed E-state index contributed by atoms with van der Waals surface area (Å²) in [6.07, 6.45) is 4.65. The number of fused-ring (bicyclic) bond motifs is 1. The van der Waals surface area contributed by atoms with E-state index in [0.29, 0.717) is 12.8 Å². The number of amides is 3. The summed E-state index contributed by atoms with van der Waals surface area (Å²) in [5.74, 6) is -3.87. The van der Waals surface area contributed by atoms with Crippen molar-refractivity contribution in [3.05, 3.63) is 42.0 Å². The number of nitrogens with zero attached hydrogens (tertiary/aromatic N) is 1. The zero-order valence-corrected chi connectivity index (χ0v) is 12.1. The van der Waals surface area contributed by atoms with E-state index in [1.54, 1.807) is 0 Å². The number of nitrogens with one attached hydrogen (secondary N) is 1. The molecular formula is C16H14F2N2O3. The number of halogens is 2. The maximum absolute atomic E-state index is 13.5. The standard InChI is InChI=1S/C16H14F2N2O3/c17-9-5-6-12(18)13(7-9)19-14(21)8-20-15(22)10-3-1-2-4-11(10)16(20)23/h1-2,5-7,10-11H,3-4,8H2,(H,19,21)/t10-,11-/m0/s1. The molecule has 5 nitrogen and oxygen atoms in total. The van der Waals surface area contributed by atoms with E-state index in [2.05, 4.69) is 5.32 Å². The molecule has 1 heterocycles. The molecule has 2 aliphatic rings. The van der Waals surface area contributed by atoms with Gasteiger partial charge in [-0.1, -0.05) is 12.2 Å². The first kappa shape index (κ1) is 15.3. The number of carbonyl (C=O) groups is 3. The lowest BCUT2D eigenvalue weighted by Crippen LogP contribution is -2.38. The molecule has 1 aliphatic carbocycles. The van der Waals surface area contributed by atoms with Crippen molar-refractivity contribution in [1.82, 2.24) is 4.90 Å². The summed E-state index contributed by atoms with van der Waals surface area (Å²) in [6, 6.07) is 2.65. The second kappa shape index (κ2) is 5.91. The van der Waals surface area contributed by atoms with Crippen LogP contribution < -0.4 is 5.32 Å². The van der Waals surface area contributed by atoms with E-state index >= 15 is 0 Å². The Labute approximate surface area is 131 Å². The summed E-state index contributed by atoms with van der Waals surface area (Å²) in [6.45, 7) is -0.499.